The second kappa shape index (κ2) is 3.37. The molecule has 2 nitrogen and oxygen atoms in total. The third-order valence-corrected chi connectivity index (χ3v) is 4.72. The maximum atomic E-state index is 5.40. The Balaban J connectivity index is 2.56. The zero-order valence-electron chi connectivity index (χ0n) is 8.23. The number of benzene rings is 1. The Bertz CT molecular complexity index is 630. The summed E-state index contributed by atoms with van der Waals surface area (Å²) < 4.78 is 7.98. The molecule has 0 saturated carbocycles. The van der Waals surface area contributed by atoms with Gasteiger partial charge < -0.3 is 0 Å². The van der Waals surface area contributed by atoms with Crippen molar-refractivity contribution < 1.29 is 4.74 Å². The van der Waals surface area contributed by atoms with E-state index >= 15 is 0 Å². The molecule has 1 aromatic carbocycles. The summed E-state index contributed by atoms with van der Waals surface area (Å²) in [5.41, 5.74) is 0. The van der Waals surface area contributed by atoms with E-state index < -0.39 is 0 Å². The van der Waals surface area contributed by atoms with Crippen molar-refractivity contribution in [2.75, 3.05) is 7.11 Å². The number of hydrogen-bond donors (Lipinski definition) is 0. The molecule has 0 aliphatic heterocycles. The summed E-state index contributed by atoms with van der Waals surface area (Å²) in [7, 11) is 1.72. The first-order valence-electron chi connectivity index (χ1n) is 4.70. The second-order valence-electron chi connectivity index (χ2n) is 3.29. The van der Waals surface area contributed by atoms with Crippen LogP contribution in [-0.2, 0) is 0 Å². The Labute approximate surface area is 93.3 Å². The van der Waals surface area contributed by atoms with Crippen LogP contribution in [-0.4, -0.2) is 26.6 Å². The van der Waals surface area contributed by atoms with Gasteiger partial charge in [0.25, 0.3) is 0 Å². The summed E-state index contributed by atoms with van der Waals surface area (Å²) in [6.45, 7) is 0. The fraction of sp³-hybridized carbons (Fsp3) is 0.0833. The van der Waals surface area contributed by atoms with Crippen molar-refractivity contribution in [2.24, 2.45) is 0 Å². The molecule has 2 aromatic heterocycles. The molecule has 0 N–H and O–H groups in total. The second-order valence-corrected chi connectivity index (χ2v) is 5.45. The van der Waals surface area contributed by atoms with Crippen molar-refractivity contribution in [3.8, 4) is 5.75 Å². The van der Waals surface area contributed by atoms with Crippen molar-refractivity contribution >= 4 is 33.9 Å². The van der Waals surface area contributed by atoms with Gasteiger partial charge in [0.05, 0.1) is 0 Å². The zero-order valence-corrected chi connectivity index (χ0v) is 9.94. The van der Waals surface area contributed by atoms with Crippen LogP contribution < -0.4 is 4.74 Å². The Morgan fingerprint density at radius 1 is 1.20 bits per heavy atom. The molecule has 0 unspecified atom stereocenters. The van der Waals surface area contributed by atoms with Gasteiger partial charge in [0, 0.05) is 0 Å². The molecule has 3 aromatic rings. The number of ether oxygens (including phenoxy) is 1. The Morgan fingerprint density at radius 2 is 2.13 bits per heavy atom. The number of nitrogens with zero attached hydrogens (tertiary/aromatic N) is 1. The van der Waals surface area contributed by atoms with Gasteiger partial charge in [0.15, 0.2) is 0 Å². The summed E-state index contributed by atoms with van der Waals surface area (Å²) in [4.78, 5) is 4.42. The third kappa shape index (κ3) is 1.28. The average molecular weight is 262 g/mol. The van der Waals surface area contributed by atoms with Crippen molar-refractivity contribution in [3.63, 3.8) is 0 Å². The maximum absolute atomic E-state index is 5.40. The number of fused-ring (bicyclic) bond motifs is 3. The molecule has 0 saturated heterocycles. The Kier molecular flexibility index (Phi) is 2.01. The molecular formula is C12H9NOSe. The molecule has 0 radical (unpaired) electrons. The van der Waals surface area contributed by atoms with Crippen LogP contribution in [0.15, 0.2) is 36.5 Å². The van der Waals surface area contributed by atoms with Gasteiger partial charge in [-0.05, 0) is 0 Å². The number of methoxy groups -OCH3 is 1. The molecule has 3 rings (SSSR count). The first-order valence-corrected chi connectivity index (χ1v) is 6.41. The average Bonchev–Trinajstić information content (AvgIpc) is 2.67. The molecule has 3 heteroatoms. The molecule has 74 valence electrons. The molecule has 0 spiro atoms. The predicted octanol–water partition coefficient (Wildman–Crippen LogP) is 2.45. The molecule has 0 amide bonds. The topological polar surface area (TPSA) is 22.1 Å². The SMILES string of the molecule is COc1cccc2[se]c3ncccc3c12. The van der Waals surface area contributed by atoms with Crippen LogP contribution in [0.3, 0.4) is 0 Å². The Morgan fingerprint density at radius 3 is 3.00 bits per heavy atom. The van der Waals surface area contributed by atoms with E-state index in [1.165, 1.54) is 19.4 Å². The van der Waals surface area contributed by atoms with Crippen LogP contribution >= 0.6 is 0 Å². The van der Waals surface area contributed by atoms with Gasteiger partial charge in [-0.1, -0.05) is 0 Å². The molecule has 0 fully saturated rings. The van der Waals surface area contributed by atoms with E-state index in [1.807, 2.05) is 24.4 Å². The number of hydrogen-bond acceptors (Lipinski definition) is 2. The molecule has 0 aliphatic carbocycles. The predicted molar refractivity (Wildman–Crippen MR) is 62.7 cm³/mol. The van der Waals surface area contributed by atoms with Crippen LogP contribution in [0.5, 0.6) is 5.75 Å². The summed E-state index contributed by atoms with van der Waals surface area (Å²) in [5, 5.41) is 2.48. The van der Waals surface area contributed by atoms with Crippen molar-refractivity contribution in [2.45, 2.75) is 0 Å². The van der Waals surface area contributed by atoms with Crippen molar-refractivity contribution in [1.29, 1.82) is 0 Å². The van der Waals surface area contributed by atoms with Gasteiger partial charge in [0.2, 0.25) is 0 Å². The third-order valence-electron chi connectivity index (χ3n) is 2.46. The first-order chi connectivity index (χ1) is 7.40. The van der Waals surface area contributed by atoms with Gasteiger partial charge in [-0.25, -0.2) is 0 Å². The monoisotopic (exact) mass is 263 g/mol. The summed E-state index contributed by atoms with van der Waals surface area (Å²) in [6.07, 6.45) is 1.86. The summed E-state index contributed by atoms with van der Waals surface area (Å²) in [5.74, 6) is 0.959. The van der Waals surface area contributed by atoms with E-state index in [0.29, 0.717) is 14.5 Å². The minimum atomic E-state index is 0.334. The van der Waals surface area contributed by atoms with Crippen LogP contribution in [0.4, 0.5) is 0 Å². The molecule has 2 heterocycles. The van der Waals surface area contributed by atoms with Gasteiger partial charge in [0.1, 0.15) is 0 Å². The normalized spacial score (nSPS) is 11.0. The molecular weight excluding hydrogens is 253 g/mol. The molecule has 0 atom stereocenters. The Hall–Kier alpha value is -1.31. The number of pyridine rings is 1. The van der Waals surface area contributed by atoms with E-state index in [9.17, 15) is 0 Å². The summed E-state index contributed by atoms with van der Waals surface area (Å²) in [6, 6.07) is 10.3. The summed E-state index contributed by atoms with van der Waals surface area (Å²) >= 11 is 0.334. The van der Waals surface area contributed by atoms with Crippen LogP contribution in [0, 0.1) is 0 Å². The van der Waals surface area contributed by atoms with Gasteiger partial charge in [-0.2, -0.15) is 0 Å². The van der Waals surface area contributed by atoms with Crippen molar-refractivity contribution in [3.05, 3.63) is 36.5 Å². The first kappa shape index (κ1) is 8.95. The minimum absolute atomic E-state index is 0.334. The number of aromatic nitrogens is 1. The van der Waals surface area contributed by atoms with Gasteiger partial charge in [-0.3, -0.25) is 0 Å². The van der Waals surface area contributed by atoms with Crippen LogP contribution in [0.25, 0.3) is 19.4 Å². The molecule has 0 aliphatic rings. The van der Waals surface area contributed by atoms with Gasteiger partial charge in [-0.15, -0.1) is 0 Å². The standard InChI is InChI=1S/C12H9NOSe/c1-14-9-5-2-6-10-11(9)8-4-3-7-13-12(8)15-10/h2-7H,1H3. The van der Waals surface area contributed by atoms with E-state index in [2.05, 4.69) is 17.1 Å². The van der Waals surface area contributed by atoms with Crippen LogP contribution in [0.1, 0.15) is 0 Å². The fourth-order valence-electron chi connectivity index (χ4n) is 1.80. The van der Waals surface area contributed by atoms with Crippen molar-refractivity contribution in [1.82, 2.24) is 4.98 Å². The number of rotatable bonds is 1. The molecule has 0 bridgehead atoms. The zero-order chi connectivity index (χ0) is 10.3. The van der Waals surface area contributed by atoms with E-state index in [0.717, 1.165) is 5.75 Å². The van der Waals surface area contributed by atoms with E-state index in [1.54, 1.807) is 7.11 Å². The quantitative estimate of drug-likeness (QED) is 0.628. The van der Waals surface area contributed by atoms with Crippen LogP contribution in [0.2, 0.25) is 0 Å². The van der Waals surface area contributed by atoms with Gasteiger partial charge >= 0.3 is 93.0 Å². The van der Waals surface area contributed by atoms with E-state index in [-0.39, 0.29) is 0 Å². The fourth-order valence-corrected chi connectivity index (χ4v) is 4.02. The molecule has 15 heavy (non-hydrogen) atoms. The van der Waals surface area contributed by atoms with E-state index in [4.69, 9.17) is 4.74 Å².